The van der Waals surface area contributed by atoms with E-state index in [-0.39, 0.29) is 5.82 Å². The molecule has 0 aromatic carbocycles. The molecule has 0 aliphatic heterocycles. The van der Waals surface area contributed by atoms with Gasteiger partial charge in [-0.2, -0.15) is 0 Å². The van der Waals surface area contributed by atoms with E-state index in [1.54, 1.807) is 17.4 Å². The maximum absolute atomic E-state index is 12.6. The van der Waals surface area contributed by atoms with Crippen LogP contribution in [-0.2, 0) is 6.54 Å². The molecule has 0 aliphatic rings. The number of pyridine rings is 1. The molecule has 78 valence electrons. The zero-order valence-electron chi connectivity index (χ0n) is 8.20. The van der Waals surface area contributed by atoms with Crippen molar-refractivity contribution in [3.8, 4) is 11.4 Å². The maximum Gasteiger partial charge on any atom is 0.141 e. The molecular weight excluding hydrogens is 213 g/mol. The van der Waals surface area contributed by atoms with Crippen LogP contribution in [0.2, 0.25) is 0 Å². The molecular formula is C10H10FN3S. The van der Waals surface area contributed by atoms with Gasteiger partial charge in [0.2, 0.25) is 0 Å². The molecule has 0 saturated carbocycles. The van der Waals surface area contributed by atoms with Crippen molar-refractivity contribution >= 4 is 11.3 Å². The molecule has 0 saturated heterocycles. The van der Waals surface area contributed by atoms with Gasteiger partial charge in [0, 0.05) is 11.9 Å². The summed E-state index contributed by atoms with van der Waals surface area (Å²) in [6.45, 7) is 0.742. The first-order valence-corrected chi connectivity index (χ1v) is 5.38. The zero-order chi connectivity index (χ0) is 10.7. The number of thiazole rings is 1. The van der Waals surface area contributed by atoms with Gasteiger partial charge in [0.15, 0.2) is 0 Å². The smallest absolute Gasteiger partial charge is 0.141 e. The highest BCUT2D eigenvalue weighted by Crippen LogP contribution is 2.19. The van der Waals surface area contributed by atoms with E-state index < -0.39 is 0 Å². The third kappa shape index (κ3) is 2.37. The molecule has 0 bridgehead atoms. The van der Waals surface area contributed by atoms with Crippen LogP contribution in [0, 0.1) is 5.82 Å². The molecule has 0 radical (unpaired) electrons. The van der Waals surface area contributed by atoms with Gasteiger partial charge in [0.25, 0.3) is 0 Å². The maximum atomic E-state index is 12.6. The summed E-state index contributed by atoms with van der Waals surface area (Å²) < 4.78 is 12.6. The second kappa shape index (κ2) is 4.46. The van der Waals surface area contributed by atoms with Gasteiger partial charge in [0.1, 0.15) is 10.8 Å². The summed E-state index contributed by atoms with van der Waals surface area (Å²) in [5.41, 5.74) is 1.50. The first kappa shape index (κ1) is 10.2. The van der Waals surface area contributed by atoms with Crippen molar-refractivity contribution in [2.75, 3.05) is 7.05 Å². The molecule has 2 rings (SSSR count). The van der Waals surface area contributed by atoms with E-state index in [0.717, 1.165) is 17.2 Å². The van der Waals surface area contributed by atoms with Crippen LogP contribution in [0.25, 0.3) is 11.4 Å². The summed E-state index contributed by atoms with van der Waals surface area (Å²) in [6.07, 6.45) is 1.20. The Morgan fingerprint density at radius 1 is 1.40 bits per heavy atom. The number of halogens is 1. The van der Waals surface area contributed by atoms with Crippen molar-refractivity contribution in [2.45, 2.75) is 6.54 Å². The van der Waals surface area contributed by atoms with Crippen molar-refractivity contribution < 1.29 is 4.39 Å². The molecule has 2 aromatic rings. The Morgan fingerprint density at radius 2 is 2.27 bits per heavy atom. The Hall–Kier alpha value is -1.33. The lowest BCUT2D eigenvalue weighted by Gasteiger charge is -1.94. The molecule has 0 amide bonds. The van der Waals surface area contributed by atoms with E-state index in [0.29, 0.717) is 5.69 Å². The molecule has 3 nitrogen and oxygen atoms in total. The summed E-state index contributed by atoms with van der Waals surface area (Å²) in [7, 11) is 1.87. The monoisotopic (exact) mass is 223 g/mol. The Kier molecular flexibility index (Phi) is 3.03. The van der Waals surface area contributed by atoms with Crippen molar-refractivity contribution in [3.05, 3.63) is 34.5 Å². The van der Waals surface area contributed by atoms with E-state index >= 15 is 0 Å². The fraction of sp³-hybridized carbons (Fsp3) is 0.200. The minimum absolute atomic E-state index is 0.329. The lowest BCUT2D eigenvalue weighted by molar-refractivity contribution is 0.622. The normalized spacial score (nSPS) is 10.5. The Labute approximate surface area is 91.0 Å². The van der Waals surface area contributed by atoms with E-state index in [1.807, 2.05) is 12.4 Å². The van der Waals surface area contributed by atoms with Crippen LogP contribution in [0.4, 0.5) is 4.39 Å². The van der Waals surface area contributed by atoms with Gasteiger partial charge < -0.3 is 5.32 Å². The molecule has 0 spiro atoms. The van der Waals surface area contributed by atoms with Crippen LogP contribution in [0.5, 0.6) is 0 Å². The van der Waals surface area contributed by atoms with Crippen LogP contribution in [0.3, 0.4) is 0 Å². The van der Waals surface area contributed by atoms with Gasteiger partial charge >= 0.3 is 0 Å². The summed E-state index contributed by atoms with van der Waals surface area (Å²) >= 11 is 1.57. The third-order valence-corrected chi connectivity index (χ3v) is 2.72. The number of aromatic nitrogens is 2. The zero-order valence-corrected chi connectivity index (χ0v) is 9.01. The van der Waals surface area contributed by atoms with E-state index in [9.17, 15) is 4.39 Å². The average molecular weight is 223 g/mol. The fourth-order valence-electron chi connectivity index (χ4n) is 1.19. The molecule has 1 N–H and O–H groups in total. The fourth-order valence-corrected chi connectivity index (χ4v) is 1.99. The second-order valence-electron chi connectivity index (χ2n) is 3.02. The molecule has 0 fully saturated rings. The average Bonchev–Trinajstić information content (AvgIpc) is 2.68. The number of rotatable bonds is 3. The van der Waals surface area contributed by atoms with Crippen molar-refractivity contribution in [2.24, 2.45) is 0 Å². The van der Waals surface area contributed by atoms with Crippen molar-refractivity contribution in [3.63, 3.8) is 0 Å². The SMILES string of the molecule is CNCc1nc(-c2ccc(F)cn2)cs1. The minimum atomic E-state index is -0.329. The number of hydrogen-bond donors (Lipinski definition) is 1. The van der Waals surface area contributed by atoms with Gasteiger partial charge in [-0.15, -0.1) is 11.3 Å². The topological polar surface area (TPSA) is 37.8 Å². The first-order valence-electron chi connectivity index (χ1n) is 4.50. The summed E-state index contributed by atoms with van der Waals surface area (Å²) in [6, 6.07) is 3.02. The van der Waals surface area contributed by atoms with Crippen LogP contribution in [-0.4, -0.2) is 17.0 Å². The molecule has 2 aromatic heterocycles. The summed E-state index contributed by atoms with van der Waals surface area (Å²) in [4.78, 5) is 8.34. The van der Waals surface area contributed by atoms with Crippen LogP contribution in [0.1, 0.15) is 5.01 Å². The number of nitrogens with one attached hydrogen (secondary N) is 1. The lowest BCUT2D eigenvalue weighted by Crippen LogP contribution is -2.04. The standard InChI is InChI=1S/C10H10FN3S/c1-12-5-10-14-9(6-15-10)8-3-2-7(11)4-13-8/h2-4,6,12H,5H2,1H3. The molecule has 0 unspecified atom stereocenters. The first-order chi connectivity index (χ1) is 7.29. The van der Waals surface area contributed by atoms with E-state index in [2.05, 4.69) is 15.3 Å². The van der Waals surface area contributed by atoms with Gasteiger partial charge in [0.05, 0.1) is 17.6 Å². The molecule has 2 heterocycles. The summed E-state index contributed by atoms with van der Waals surface area (Å²) in [5.74, 6) is -0.329. The number of nitrogens with zero attached hydrogens (tertiary/aromatic N) is 2. The van der Waals surface area contributed by atoms with Gasteiger partial charge in [-0.25, -0.2) is 9.37 Å². The summed E-state index contributed by atoms with van der Waals surface area (Å²) in [5, 5.41) is 5.95. The van der Waals surface area contributed by atoms with Crippen molar-refractivity contribution in [1.29, 1.82) is 0 Å². The van der Waals surface area contributed by atoms with Crippen LogP contribution >= 0.6 is 11.3 Å². The second-order valence-corrected chi connectivity index (χ2v) is 3.96. The molecule has 5 heteroatoms. The molecule has 0 aliphatic carbocycles. The minimum Gasteiger partial charge on any atom is -0.314 e. The number of hydrogen-bond acceptors (Lipinski definition) is 4. The molecule has 0 atom stereocenters. The molecule has 15 heavy (non-hydrogen) atoms. The Morgan fingerprint density at radius 3 is 2.93 bits per heavy atom. The highest BCUT2D eigenvalue weighted by Gasteiger charge is 2.04. The Balaban J connectivity index is 2.25. The van der Waals surface area contributed by atoms with Crippen LogP contribution < -0.4 is 5.32 Å². The Bertz CT molecular complexity index is 438. The lowest BCUT2D eigenvalue weighted by atomic mass is 10.3. The predicted molar refractivity (Wildman–Crippen MR) is 58.1 cm³/mol. The highest BCUT2D eigenvalue weighted by atomic mass is 32.1. The van der Waals surface area contributed by atoms with Crippen molar-refractivity contribution in [1.82, 2.24) is 15.3 Å². The van der Waals surface area contributed by atoms with E-state index in [1.165, 1.54) is 12.3 Å². The van der Waals surface area contributed by atoms with Gasteiger partial charge in [-0.3, -0.25) is 4.98 Å². The highest BCUT2D eigenvalue weighted by molar-refractivity contribution is 7.09. The predicted octanol–water partition coefficient (Wildman–Crippen LogP) is 2.06. The van der Waals surface area contributed by atoms with Crippen LogP contribution in [0.15, 0.2) is 23.7 Å². The quantitative estimate of drug-likeness (QED) is 0.865. The largest absolute Gasteiger partial charge is 0.314 e. The van der Waals surface area contributed by atoms with E-state index in [4.69, 9.17) is 0 Å². The van der Waals surface area contributed by atoms with Gasteiger partial charge in [-0.05, 0) is 19.2 Å². The third-order valence-electron chi connectivity index (χ3n) is 1.87. The van der Waals surface area contributed by atoms with Gasteiger partial charge in [-0.1, -0.05) is 0 Å².